The van der Waals surface area contributed by atoms with Crippen LogP contribution in [0, 0.1) is 0 Å². The van der Waals surface area contributed by atoms with Gasteiger partial charge in [0.25, 0.3) is 0 Å². The summed E-state index contributed by atoms with van der Waals surface area (Å²) in [6.45, 7) is 3.98. The third-order valence-electron chi connectivity index (χ3n) is 4.22. The maximum absolute atomic E-state index is 6.28. The molecule has 3 aromatic rings. The molecule has 7 heteroatoms. The van der Waals surface area contributed by atoms with Gasteiger partial charge in [0.2, 0.25) is 0 Å². The molecule has 1 unspecified atom stereocenters. The minimum atomic E-state index is 0.110. The van der Waals surface area contributed by atoms with E-state index in [1.165, 1.54) is 0 Å². The van der Waals surface area contributed by atoms with Crippen molar-refractivity contribution >= 4 is 22.5 Å². The molecule has 1 saturated heterocycles. The van der Waals surface area contributed by atoms with Crippen molar-refractivity contribution in [2.45, 2.75) is 19.2 Å². The number of nitrogens with zero attached hydrogens (tertiary/aromatic N) is 5. The molecule has 6 nitrogen and oxygen atoms in total. The van der Waals surface area contributed by atoms with E-state index >= 15 is 0 Å². The Morgan fingerprint density at radius 3 is 3.17 bits per heavy atom. The van der Waals surface area contributed by atoms with E-state index in [4.69, 9.17) is 16.3 Å². The van der Waals surface area contributed by atoms with E-state index in [1.807, 2.05) is 35.1 Å². The standard InChI is InChI=1S/C17H18ClN5O/c18-15-6-13-2-1-3-20-17(13)14(7-15)8-22-4-5-24-16(9-22)10-23-12-19-11-21-23/h1-3,6-7,11-12,16H,4-5,8-10H2. The highest BCUT2D eigenvalue weighted by Gasteiger charge is 2.22. The second-order valence-corrected chi connectivity index (χ2v) is 6.42. The molecule has 0 saturated carbocycles. The number of morpholine rings is 1. The van der Waals surface area contributed by atoms with E-state index in [-0.39, 0.29) is 6.10 Å². The molecule has 1 aliphatic heterocycles. The summed E-state index contributed by atoms with van der Waals surface area (Å²) in [4.78, 5) is 10.9. The SMILES string of the molecule is Clc1cc(CN2CCOC(Cn3cncn3)C2)c2ncccc2c1. The zero-order valence-electron chi connectivity index (χ0n) is 13.2. The van der Waals surface area contributed by atoms with Gasteiger partial charge in [-0.25, -0.2) is 4.98 Å². The van der Waals surface area contributed by atoms with Crippen molar-refractivity contribution in [3.05, 3.63) is 53.7 Å². The molecule has 0 amide bonds. The smallest absolute Gasteiger partial charge is 0.137 e. The molecule has 0 spiro atoms. The molecule has 1 atom stereocenters. The van der Waals surface area contributed by atoms with E-state index in [0.29, 0.717) is 13.2 Å². The molecule has 0 aliphatic carbocycles. The molecular weight excluding hydrogens is 326 g/mol. The van der Waals surface area contributed by atoms with Crippen LogP contribution in [0.25, 0.3) is 10.9 Å². The van der Waals surface area contributed by atoms with Crippen molar-refractivity contribution in [1.29, 1.82) is 0 Å². The summed E-state index contributed by atoms with van der Waals surface area (Å²) in [5.74, 6) is 0. The third-order valence-corrected chi connectivity index (χ3v) is 4.44. The fraction of sp³-hybridized carbons (Fsp3) is 0.353. The van der Waals surface area contributed by atoms with E-state index in [2.05, 4.69) is 20.0 Å². The summed E-state index contributed by atoms with van der Waals surface area (Å²) in [7, 11) is 0. The number of hydrogen-bond donors (Lipinski definition) is 0. The number of pyridine rings is 1. The molecule has 0 N–H and O–H groups in total. The van der Waals surface area contributed by atoms with E-state index in [0.717, 1.165) is 41.1 Å². The Morgan fingerprint density at radius 2 is 2.29 bits per heavy atom. The molecule has 4 rings (SSSR count). The summed E-state index contributed by atoms with van der Waals surface area (Å²) >= 11 is 6.28. The molecule has 24 heavy (non-hydrogen) atoms. The lowest BCUT2D eigenvalue weighted by atomic mass is 10.1. The topological polar surface area (TPSA) is 56.1 Å². The van der Waals surface area contributed by atoms with Crippen LogP contribution >= 0.6 is 11.6 Å². The molecule has 3 heterocycles. The fourth-order valence-corrected chi connectivity index (χ4v) is 3.41. The van der Waals surface area contributed by atoms with E-state index in [1.54, 1.807) is 12.7 Å². The number of rotatable bonds is 4. The molecule has 1 aliphatic rings. The van der Waals surface area contributed by atoms with Gasteiger partial charge in [-0.2, -0.15) is 5.10 Å². The van der Waals surface area contributed by atoms with Gasteiger partial charge in [0, 0.05) is 36.2 Å². The van der Waals surface area contributed by atoms with Crippen LogP contribution in [0.5, 0.6) is 0 Å². The number of fused-ring (bicyclic) bond motifs is 1. The van der Waals surface area contributed by atoms with Crippen LogP contribution < -0.4 is 0 Å². The third kappa shape index (κ3) is 3.40. The Labute approximate surface area is 145 Å². The van der Waals surface area contributed by atoms with Crippen molar-refractivity contribution in [1.82, 2.24) is 24.6 Å². The lowest BCUT2D eigenvalue weighted by Crippen LogP contribution is -2.43. The number of hydrogen-bond acceptors (Lipinski definition) is 5. The van der Waals surface area contributed by atoms with Gasteiger partial charge in [-0.05, 0) is 23.8 Å². The predicted molar refractivity (Wildman–Crippen MR) is 91.8 cm³/mol. The number of benzene rings is 1. The Hall–Kier alpha value is -2.02. The number of aromatic nitrogens is 4. The lowest BCUT2D eigenvalue weighted by molar-refractivity contribution is -0.0401. The van der Waals surface area contributed by atoms with Crippen LogP contribution in [0.15, 0.2) is 43.1 Å². The first kappa shape index (κ1) is 15.5. The molecule has 2 aromatic heterocycles. The molecule has 0 radical (unpaired) electrons. The van der Waals surface area contributed by atoms with Crippen molar-refractivity contribution in [3.8, 4) is 0 Å². The van der Waals surface area contributed by atoms with Crippen molar-refractivity contribution in [3.63, 3.8) is 0 Å². The summed E-state index contributed by atoms with van der Waals surface area (Å²) < 4.78 is 7.67. The number of halogens is 1. The van der Waals surface area contributed by atoms with Gasteiger partial charge >= 0.3 is 0 Å². The second-order valence-electron chi connectivity index (χ2n) is 5.99. The van der Waals surface area contributed by atoms with Crippen LogP contribution in [0.2, 0.25) is 5.02 Å². The zero-order valence-corrected chi connectivity index (χ0v) is 13.9. The Morgan fingerprint density at radius 1 is 1.33 bits per heavy atom. The lowest BCUT2D eigenvalue weighted by Gasteiger charge is -2.33. The zero-order chi connectivity index (χ0) is 16.4. The van der Waals surface area contributed by atoms with Gasteiger partial charge in [0.05, 0.1) is 24.8 Å². The van der Waals surface area contributed by atoms with Crippen molar-refractivity contribution < 1.29 is 4.74 Å². The van der Waals surface area contributed by atoms with Crippen LogP contribution in [0.4, 0.5) is 0 Å². The van der Waals surface area contributed by atoms with Gasteiger partial charge in [-0.15, -0.1) is 0 Å². The van der Waals surface area contributed by atoms with Crippen LogP contribution in [0.3, 0.4) is 0 Å². The van der Waals surface area contributed by atoms with Crippen LogP contribution in [-0.2, 0) is 17.8 Å². The first-order valence-corrected chi connectivity index (χ1v) is 8.35. The molecule has 0 bridgehead atoms. The first-order chi connectivity index (χ1) is 11.8. The second kappa shape index (κ2) is 6.84. The quantitative estimate of drug-likeness (QED) is 0.728. The van der Waals surface area contributed by atoms with E-state index < -0.39 is 0 Å². The summed E-state index contributed by atoms with van der Waals surface area (Å²) in [6, 6.07) is 7.95. The first-order valence-electron chi connectivity index (χ1n) is 7.97. The van der Waals surface area contributed by atoms with Crippen molar-refractivity contribution in [2.24, 2.45) is 0 Å². The van der Waals surface area contributed by atoms with E-state index in [9.17, 15) is 0 Å². The van der Waals surface area contributed by atoms with Crippen LogP contribution in [0.1, 0.15) is 5.56 Å². The average Bonchev–Trinajstić information content (AvgIpc) is 3.08. The summed E-state index contributed by atoms with van der Waals surface area (Å²) in [5.41, 5.74) is 2.17. The Bertz CT molecular complexity index is 823. The Balaban J connectivity index is 1.50. The number of ether oxygens (including phenoxy) is 1. The Kier molecular flexibility index (Phi) is 4.42. The average molecular weight is 344 g/mol. The van der Waals surface area contributed by atoms with Crippen LogP contribution in [-0.4, -0.2) is 50.4 Å². The van der Waals surface area contributed by atoms with Crippen molar-refractivity contribution in [2.75, 3.05) is 19.7 Å². The van der Waals surface area contributed by atoms with Gasteiger partial charge in [0.15, 0.2) is 0 Å². The largest absolute Gasteiger partial charge is 0.374 e. The van der Waals surface area contributed by atoms with Gasteiger partial charge in [-0.1, -0.05) is 17.7 Å². The highest BCUT2D eigenvalue weighted by atomic mass is 35.5. The maximum Gasteiger partial charge on any atom is 0.137 e. The maximum atomic E-state index is 6.28. The molecule has 1 fully saturated rings. The highest BCUT2D eigenvalue weighted by molar-refractivity contribution is 6.31. The van der Waals surface area contributed by atoms with Gasteiger partial charge in [-0.3, -0.25) is 14.6 Å². The molecule has 124 valence electrons. The molecule has 1 aromatic carbocycles. The monoisotopic (exact) mass is 343 g/mol. The summed E-state index contributed by atoms with van der Waals surface area (Å²) in [5, 5.41) is 5.98. The molecular formula is C17H18ClN5O. The predicted octanol–water partition coefficient (Wildman–Crippen LogP) is 2.38. The normalized spacial score (nSPS) is 19.0. The fourth-order valence-electron chi connectivity index (χ4n) is 3.16. The minimum Gasteiger partial charge on any atom is -0.374 e. The minimum absolute atomic E-state index is 0.110. The van der Waals surface area contributed by atoms with Gasteiger partial charge in [0.1, 0.15) is 12.7 Å². The highest BCUT2D eigenvalue weighted by Crippen LogP contribution is 2.24. The summed E-state index contributed by atoms with van der Waals surface area (Å²) in [6.07, 6.45) is 5.20. The van der Waals surface area contributed by atoms with Gasteiger partial charge < -0.3 is 4.74 Å².